The van der Waals surface area contributed by atoms with E-state index in [-0.39, 0.29) is 32.1 Å². The first kappa shape index (κ1) is 20.5. The Morgan fingerprint density at radius 3 is 1.93 bits per heavy atom. The van der Waals surface area contributed by atoms with Crippen molar-refractivity contribution < 1.29 is 22.4 Å². The first-order valence-electron chi connectivity index (χ1n) is 8.28. The predicted molar refractivity (Wildman–Crippen MR) is 101 cm³/mol. The molecule has 1 amide bonds. The smallest absolute Gasteiger partial charge is 0.246 e. The van der Waals surface area contributed by atoms with Gasteiger partial charge >= 0.3 is 0 Å². The zero-order valence-electron chi connectivity index (χ0n) is 14.4. The lowest BCUT2D eigenvalue weighted by molar-refractivity contribution is -0.126. The van der Waals surface area contributed by atoms with Crippen molar-refractivity contribution >= 4 is 40.9 Å². The molecule has 0 unspecified atom stereocenters. The maximum atomic E-state index is 14.1. The molecule has 0 atom stereocenters. The van der Waals surface area contributed by atoms with E-state index in [0.29, 0.717) is 5.02 Å². The summed E-state index contributed by atoms with van der Waals surface area (Å²) in [4.78, 5) is 14.9. The van der Waals surface area contributed by atoms with E-state index in [9.17, 15) is 22.4 Å². The van der Waals surface area contributed by atoms with Gasteiger partial charge in [0.25, 0.3) is 0 Å². The number of anilines is 1. The Morgan fingerprint density at radius 2 is 1.39 bits per heavy atom. The van der Waals surface area contributed by atoms with Crippen LogP contribution in [0.25, 0.3) is 6.08 Å². The molecule has 1 aliphatic rings. The highest BCUT2D eigenvalue weighted by Crippen LogP contribution is 2.33. The van der Waals surface area contributed by atoms with E-state index in [4.69, 9.17) is 23.2 Å². The summed E-state index contributed by atoms with van der Waals surface area (Å²) in [7, 11) is 0. The zero-order valence-corrected chi connectivity index (χ0v) is 15.9. The Labute approximate surface area is 168 Å². The summed E-state index contributed by atoms with van der Waals surface area (Å²) >= 11 is 11.0. The van der Waals surface area contributed by atoms with Crippen molar-refractivity contribution in [1.82, 2.24) is 4.90 Å². The monoisotopic (exact) mass is 432 g/mol. The first-order chi connectivity index (χ1) is 13.3. The van der Waals surface area contributed by atoms with Gasteiger partial charge in [0.2, 0.25) is 5.91 Å². The molecule has 0 radical (unpaired) electrons. The molecule has 3 rings (SSSR count). The standard InChI is InChI=1S/C19H14Cl2F4N2O/c20-12-4-1-11(2-5-12)3-6-13(28)26-7-9-27(10-8-26)19-17(24)15(22)14(21)16(23)18(19)25/h1-6H,7-10H2/b6-3+. The number of rotatable bonds is 3. The minimum atomic E-state index is -1.64. The molecule has 1 fully saturated rings. The predicted octanol–water partition coefficient (Wildman–Crippen LogP) is 4.91. The van der Waals surface area contributed by atoms with E-state index in [1.165, 1.54) is 11.0 Å². The lowest BCUT2D eigenvalue weighted by atomic mass is 10.2. The largest absolute Gasteiger partial charge is 0.363 e. The summed E-state index contributed by atoms with van der Waals surface area (Å²) in [6, 6.07) is 6.88. The maximum Gasteiger partial charge on any atom is 0.246 e. The number of hydrogen-bond acceptors (Lipinski definition) is 2. The minimum Gasteiger partial charge on any atom is -0.363 e. The van der Waals surface area contributed by atoms with Crippen LogP contribution in [0, 0.1) is 23.3 Å². The number of nitrogens with zero attached hydrogens (tertiary/aromatic N) is 2. The number of piperazine rings is 1. The van der Waals surface area contributed by atoms with Crippen LogP contribution in [0.4, 0.5) is 23.2 Å². The molecule has 0 N–H and O–H groups in total. The van der Waals surface area contributed by atoms with E-state index < -0.39 is 34.0 Å². The third-order valence-electron chi connectivity index (χ3n) is 4.38. The van der Waals surface area contributed by atoms with Crippen LogP contribution in [0.15, 0.2) is 30.3 Å². The average Bonchev–Trinajstić information content (AvgIpc) is 2.71. The van der Waals surface area contributed by atoms with Crippen molar-refractivity contribution in [2.75, 3.05) is 31.1 Å². The lowest BCUT2D eigenvalue weighted by Crippen LogP contribution is -2.49. The van der Waals surface area contributed by atoms with Crippen molar-refractivity contribution in [2.24, 2.45) is 0 Å². The number of benzene rings is 2. The van der Waals surface area contributed by atoms with E-state index in [0.717, 1.165) is 10.5 Å². The van der Waals surface area contributed by atoms with Crippen molar-refractivity contribution in [3.63, 3.8) is 0 Å². The molecule has 0 aliphatic carbocycles. The molecule has 148 valence electrons. The summed E-state index contributed by atoms with van der Waals surface area (Å²) in [5, 5.41) is -0.644. The number of amides is 1. The van der Waals surface area contributed by atoms with Gasteiger partial charge < -0.3 is 9.80 Å². The highest BCUT2D eigenvalue weighted by atomic mass is 35.5. The third kappa shape index (κ3) is 4.10. The molecule has 0 saturated carbocycles. The van der Waals surface area contributed by atoms with Crippen LogP contribution < -0.4 is 4.90 Å². The normalized spacial score (nSPS) is 14.8. The molecular formula is C19H14Cl2F4N2O. The minimum absolute atomic E-state index is 0.00881. The molecule has 9 heteroatoms. The van der Waals surface area contributed by atoms with Crippen LogP contribution in [0.1, 0.15) is 5.56 Å². The highest BCUT2D eigenvalue weighted by molar-refractivity contribution is 6.31. The van der Waals surface area contributed by atoms with E-state index in [1.807, 2.05) is 0 Å². The fourth-order valence-electron chi connectivity index (χ4n) is 2.87. The molecule has 1 aliphatic heterocycles. The summed E-state index contributed by atoms with van der Waals surface area (Å²) in [6.45, 7) is 0.285. The topological polar surface area (TPSA) is 23.6 Å². The van der Waals surface area contributed by atoms with E-state index >= 15 is 0 Å². The Morgan fingerprint density at radius 1 is 0.857 bits per heavy atom. The second kappa shape index (κ2) is 8.41. The Hall–Kier alpha value is -2.25. The highest BCUT2D eigenvalue weighted by Gasteiger charge is 2.30. The van der Waals surface area contributed by atoms with Crippen LogP contribution in [0.3, 0.4) is 0 Å². The number of carbonyl (C=O) groups excluding carboxylic acids is 1. The third-order valence-corrected chi connectivity index (χ3v) is 4.97. The van der Waals surface area contributed by atoms with Gasteiger partial charge in [-0.15, -0.1) is 0 Å². The molecule has 3 nitrogen and oxygen atoms in total. The SMILES string of the molecule is O=C(/C=C/c1ccc(Cl)cc1)N1CCN(c2c(F)c(F)c(Cl)c(F)c2F)CC1. The summed E-state index contributed by atoms with van der Waals surface area (Å²) in [5.74, 6) is -6.67. The van der Waals surface area contributed by atoms with Gasteiger partial charge in [-0.25, -0.2) is 17.6 Å². The van der Waals surface area contributed by atoms with E-state index in [2.05, 4.69) is 0 Å². The molecule has 1 heterocycles. The van der Waals surface area contributed by atoms with Crippen molar-refractivity contribution in [3.8, 4) is 0 Å². The quantitative estimate of drug-likeness (QED) is 0.297. The van der Waals surface area contributed by atoms with Gasteiger partial charge in [-0.3, -0.25) is 4.79 Å². The van der Waals surface area contributed by atoms with Crippen LogP contribution in [-0.2, 0) is 4.79 Å². The summed E-state index contributed by atoms with van der Waals surface area (Å²) in [5.41, 5.74) is -0.0316. The molecule has 1 saturated heterocycles. The van der Waals surface area contributed by atoms with Gasteiger partial charge in [0.1, 0.15) is 10.7 Å². The van der Waals surface area contributed by atoms with Crippen LogP contribution in [0.2, 0.25) is 10.0 Å². The number of carbonyl (C=O) groups is 1. The fraction of sp³-hybridized carbons (Fsp3) is 0.211. The molecule has 2 aromatic carbocycles. The molecule has 2 aromatic rings. The number of halogens is 6. The molecule has 28 heavy (non-hydrogen) atoms. The summed E-state index contributed by atoms with van der Waals surface area (Å²) < 4.78 is 55.5. The second-order valence-electron chi connectivity index (χ2n) is 6.12. The zero-order chi connectivity index (χ0) is 20.4. The Bertz CT molecular complexity index is 898. The first-order valence-corrected chi connectivity index (χ1v) is 9.04. The maximum absolute atomic E-state index is 14.1. The second-order valence-corrected chi connectivity index (χ2v) is 6.93. The van der Waals surface area contributed by atoms with Gasteiger partial charge in [0.05, 0.1) is 0 Å². The van der Waals surface area contributed by atoms with Crippen LogP contribution >= 0.6 is 23.2 Å². The number of hydrogen-bond donors (Lipinski definition) is 0. The van der Waals surface area contributed by atoms with Gasteiger partial charge in [-0.05, 0) is 23.8 Å². The van der Waals surface area contributed by atoms with Gasteiger partial charge in [-0.1, -0.05) is 35.3 Å². The Kier molecular flexibility index (Phi) is 6.15. The van der Waals surface area contributed by atoms with Gasteiger partial charge in [0.15, 0.2) is 23.3 Å². The fourth-order valence-corrected chi connectivity index (χ4v) is 3.16. The van der Waals surface area contributed by atoms with Crippen molar-refractivity contribution in [1.29, 1.82) is 0 Å². The molecule has 0 aromatic heterocycles. The molecular weight excluding hydrogens is 419 g/mol. The molecule has 0 bridgehead atoms. The average molecular weight is 433 g/mol. The molecule has 0 spiro atoms. The van der Waals surface area contributed by atoms with Crippen molar-refractivity contribution in [2.45, 2.75) is 0 Å². The Balaban J connectivity index is 1.68. The van der Waals surface area contributed by atoms with Crippen LogP contribution in [-0.4, -0.2) is 37.0 Å². The van der Waals surface area contributed by atoms with Gasteiger partial charge in [-0.2, -0.15) is 0 Å². The van der Waals surface area contributed by atoms with Crippen LogP contribution in [0.5, 0.6) is 0 Å². The van der Waals surface area contributed by atoms with Crippen molar-refractivity contribution in [3.05, 3.63) is 69.2 Å². The summed E-state index contributed by atoms with van der Waals surface area (Å²) in [6.07, 6.45) is 3.00. The van der Waals surface area contributed by atoms with E-state index in [1.54, 1.807) is 30.3 Å². The van der Waals surface area contributed by atoms with Gasteiger partial charge in [0, 0.05) is 37.3 Å². The lowest BCUT2D eigenvalue weighted by Gasteiger charge is -2.36.